The number of hydrogen-bond acceptors (Lipinski definition) is 6. The minimum absolute atomic E-state index is 0.0949. The Bertz CT molecular complexity index is 1230. The van der Waals surface area contributed by atoms with Crippen LogP contribution >= 0.6 is 0 Å². The van der Waals surface area contributed by atoms with Crippen molar-refractivity contribution >= 4 is 11.9 Å². The molecule has 12 heteroatoms. The minimum atomic E-state index is -5.08. The van der Waals surface area contributed by atoms with Gasteiger partial charge in [0.1, 0.15) is 12.8 Å². The first-order chi connectivity index (χ1) is 17.1. The molecule has 2 aromatic rings. The van der Waals surface area contributed by atoms with E-state index in [1.54, 1.807) is 10.9 Å². The summed E-state index contributed by atoms with van der Waals surface area (Å²) in [5.41, 5.74) is 4.32. The van der Waals surface area contributed by atoms with Crippen LogP contribution in [0.15, 0.2) is 47.4 Å². The van der Waals surface area contributed by atoms with E-state index in [1.807, 2.05) is 35.2 Å². The van der Waals surface area contributed by atoms with Crippen molar-refractivity contribution in [1.82, 2.24) is 9.58 Å². The zero-order valence-corrected chi connectivity index (χ0v) is 19.0. The average molecular weight is 507 g/mol. The number of nitrogens with one attached hydrogen (secondary N) is 1. The highest BCUT2D eigenvalue weighted by molar-refractivity contribution is 5.96. The number of piperidine rings is 1. The van der Waals surface area contributed by atoms with Crippen LogP contribution in [-0.4, -0.2) is 57.2 Å². The zero-order valence-electron chi connectivity index (χ0n) is 19.0. The Morgan fingerprint density at radius 2 is 1.92 bits per heavy atom. The van der Waals surface area contributed by atoms with Crippen molar-refractivity contribution in [2.75, 3.05) is 12.0 Å². The maximum Gasteiger partial charge on any atom is 0.490 e. The van der Waals surface area contributed by atoms with Crippen molar-refractivity contribution in [2.24, 2.45) is 5.92 Å². The molecule has 2 bridgehead atoms. The normalized spacial score (nSPS) is 27.7. The number of alkyl halides is 3. The summed E-state index contributed by atoms with van der Waals surface area (Å²) in [6, 6.07) is 11.1. The number of aromatic nitrogens is 1. The van der Waals surface area contributed by atoms with Crippen molar-refractivity contribution in [2.45, 2.75) is 56.3 Å². The topological polar surface area (TPSA) is 110 Å². The summed E-state index contributed by atoms with van der Waals surface area (Å²) in [5.74, 6) is -2.52. The van der Waals surface area contributed by atoms with Crippen molar-refractivity contribution in [3.05, 3.63) is 64.1 Å². The highest BCUT2D eigenvalue weighted by atomic mass is 19.4. The number of carboxylic acid groups (broad SMARTS) is 1. The number of halogens is 3. The standard InChI is InChI=1S/C22H23N3O4.C2HF3O2/c26-17-7-10-25-18(19(17)28-13-14-4-2-1-3-5-14)21(27)24-11-9-22-8-6-15(29-22)12-16(22)20(24)23-25;3-2(4,5)1(6)7/h1-5,7,10,15-16,20,23H,6,8-9,11-13H2;(H,6,7)/t15-,16+,20-,22-;/m0./s1. The number of carboxylic acids is 1. The van der Waals surface area contributed by atoms with Crippen molar-refractivity contribution in [3.8, 4) is 5.75 Å². The average Bonchev–Trinajstić information content (AvgIpc) is 3.42. The van der Waals surface area contributed by atoms with Gasteiger partial charge in [-0.05, 0) is 31.2 Å². The molecule has 0 unspecified atom stereocenters. The molecule has 4 atom stereocenters. The lowest BCUT2D eigenvalue weighted by Crippen LogP contribution is -2.65. The van der Waals surface area contributed by atoms with Gasteiger partial charge >= 0.3 is 12.1 Å². The lowest BCUT2D eigenvalue weighted by molar-refractivity contribution is -0.192. The number of fused-ring (bicyclic) bond motifs is 4. The fourth-order valence-corrected chi connectivity index (χ4v) is 5.61. The van der Waals surface area contributed by atoms with Gasteiger partial charge in [-0.2, -0.15) is 13.2 Å². The van der Waals surface area contributed by atoms with Crippen LogP contribution in [0, 0.1) is 5.92 Å². The summed E-state index contributed by atoms with van der Waals surface area (Å²) >= 11 is 0. The van der Waals surface area contributed by atoms with E-state index in [9.17, 15) is 22.8 Å². The van der Waals surface area contributed by atoms with E-state index in [-0.39, 0.29) is 47.1 Å². The second-order valence-corrected chi connectivity index (χ2v) is 9.31. The number of hydrogen-bond donors (Lipinski definition) is 2. The fourth-order valence-electron chi connectivity index (χ4n) is 5.61. The summed E-state index contributed by atoms with van der Waals surface area (Å²) in [6.45, 7) is 0.867. The predicted molar refractivity (Wildman–Crippen MR) is 119 cm³/mol. The molecule has 9 nitrogen and oxygen atoms in total. The lowest BCUT2D eigenvalue weighted by Gasteiger charge is -2.51. The number of ether oxygens (including phenoxy) is 2. The Labute approximate surface area is 203 Å². The number of aliphatic carboxylic acids is 1. The molecule has 4 aliphatic heterocycles. The first kappa shape index (κ1) is 24.2. The van der Waals surface area contributed by atoms with Crippen molar-refractivity contribution in [1.29, 1.82) is 0 Å². The van der Waals surface area contributed by atoms with Gasteiger partial charge in [0.25, 0.3) is 5.91 Å². The van der Waals surface area contributed by atoms with Crippen LogP contribution in [0.4, 0.5) is 13.2 Å². The van der Waals surface area contributed by atoms with Gasteiger partial charge in [-0.3, -0.25) is 14.3 Å². The number of pyridine rings is 1. The Kier molecular flexibility index (Phi) is 5.93. The number of carbonyl (C=O) groups excluding carboxylic acids is 1. The summed E-state index contributed by atoms with van der Waals surface area (Å²) in [4.78, 5) is 36.7. The molecule has 6 rings (SSSR count). The van der Waals surface area contributed by atoms with E-state index in [0.29, 0.717) is 12.6 Å². The molecular weight excluding hydrogens is 483 g/mol. The molecule has 4 aliphatic rings. The molecule has 0 aliphatic carbocycles. The van der Waals surface area contributed by atoms with Gasteiger partial charge in [-0.15, -0.1) is 0 Å². The zero-order chi connectivity index (χ0) is 25.7. The lowest BCUT2D eigenvalue weighted by atomic mass is 9.72. The molecule has 0 saturated carbocycles. The van der Waals surface area contributed by atoms with E-state index in [4.69, 9.17) is 19.4 Å². The van der Waals surface area contributed by atoms with Crippen LogP contribution in [0.5, 0.6) is 5.75 Å². The van der Waals surface area contributed by atoms with E-state index in [0.717, 1.165) is 31.2 Å². The van der Waals surface area contributed by atoms with Crippen LogP contribution in [-0.2, 0) is 16.1 Å². The Balaban J connectivity index is 0.000000338. The minimum Gasteiger partial charge on any atom is -0.482 e. The number of nitrogens with zero attached hydrogens (tertiary/aromatic N) is 2. The second-order valence-electron chi connectivity index (χ2n) is 9.31. The Hall–Kier alpha value is -3.54. The summed E-state index contributed by atoms with van der Waals surface area (Å²) < 4.78 is 45.6. The smallest absolute Gasteiger partial charge is 0.482 e. The van der Waals surface area contributed by atoms with Crippen molar-refractivity contribution in [3.63, 3.8) is 0 Å². The van der Waals surface area contributed by atoms with Gasteiger partial charge < -0.3 is 24.9 Å². The highest BCUT2D eigenvalue weighted by Gasteiger charge is 2.61. The third-order valence-electron chi connectivity index (χ3n) is 7.23. The fraction of sp³-hybridized carbons (Fsp3) is 0.458. The maximum absolute atomic E-state index is 13.4. The van der Waals surface area contributed by atoms with Gasteiger partial charge in [0.05, 0.1) is 11.7 Å². The third kappa shape index (κ3) is 4.19. The molecule has 5 heterocycles. The van der Waals surface area contributed by atoms with Crippen molar-refractivity contribution < 1.29 is 37.3 Å². The van der Waals surface area contributed by atoms with E-state index >= 15 is 0 Å². The maximum atomic E-state index is 13.4. The number of benzene rings is 1. The highest BCUT2D eigenvalue weighted by Crippen LogP contribution is 2.54. The predicted octanol–water partition coefficient (Wildman–Crippen LogP) is 2.73. The van der Waals surface area contributed by atoms with E-state index in [1.165, 1.54) is 6.07 Å². The Morgan fingerprint density at radius 3 is 2.58 bits per heavy atom. The van der Waals surface area contributed by atoms with Gasteiger partial charge in [0.15, 0.2) is 11.4 Å². The molecule has 1 aromatic carbocycles. The summed E-state index contributed by atoms with van der Waals surface area (Å²) in [7, 11) is 0. The second kappa shape index (κ2) is 8.84. The van der Waals surface area contributed by atoms with Gasteiger partial charge in [-0.1, -0.05) is 30.3 Å². The SMILES string of the molecule is O=C(O)C(F)(F)F.O=C1c2c(OCc3ccccc3)c(=O)ccn2N[C@@H]2[C@H]3C[C@@H]4CC[C@@]3(CCN12)O4. The van der Waals surface area contributed by atoms with Crippen LogP contribution in [0.1, 0.15) is 41.7 Å². The molecule has 192 valence electrons. The van der Waals surface area contributed by atoms with E-state index < -0.39 is 12.1 Å². The van der Waals surface area contributed by atoms with Gasteiger partial charge in [-0.25, -0.2) is 4.79 Å². The molecule has 3 fully saturated rings. The molecule has 2 N–H and O–H groups in total. The Morgan fingerprint density at radius 1 is 1.19 bits per heavy atom. The number of rotatable bonds is 3. The summed E-state index contributed by atoms with van der Waals surface area (Å²) in [6.07, 6.45) is 0.792. The molecule has 36 heavy (non-hydrogen) atoms. The largest absolute Gasteiger partial charge is 0.490 e. The third-order valence-corrected chi connectivity index (χ3v) is 7.23. The van der Waals surface area contributed by atoms with Crippen LogP contribution in [0.2, 0.25) is 0 Å². The molecule has 0 radical (unpaired) electrons. The quantitative estimate of drug-likeness (QED) is 0.658. The molecule has 1 aromatic heterocycles. The number of amides is 1. The molecule has 3 saturated heterocycles. The first-order valence-electron chi connectivity index (χ1n) is 11.6. The monoisotopic (exact) mass is 507 g/mol. The van der Waals surface area contributed by atoms with Crippen LogP contribution in [0.25, 0.3) is 0 Å². The first-order valence-corrected chi connectivity index (χ1v) is 11.6. The summed E-state index contributed by atoms with van der Waals surface area (Å²) in [5, 5.41) is 7.12. The van der Waals surface area contributed by atoms with Crippen LogP contribution in [0.3, 0.4) is 0 Å². The van der Waals surface area contributed by atoms with Gasteiger partial charge in [0, 0.05) is 24.7 Å². The van der Waals surface area contributed by atoms with Crippen LogP contribution < -0.4 is 15.6 Å². The number of carbonyl (C=O) groups is 2. The molecular formula is C24H24F3N3O6. The molecule has 1 amide bonds. The van der Waals surface area contributed by atoms with Gasteiger partial charge in [0.2, 0.25) is 5.43 Å². The molecule has 1 spiro atoms. The van der Waals surface area contributed by atoms with E-state index in [2.05, 4.69) is 5.43 Å².